The Balaban J connectivity index is 2.65. The molecule has 1 heterocycles. The highest BCUT2D eigenvalue weighted by molar-refractivity contribution is 9.10. The summed E-state index contributed by atoms with van der Waals surface area (Å²) in [7, 11) is 1.91. The van der Waals surface area contributed by atoms with E-state index in [1.807, 2.05) is 30.1 Å². The molecule has 0 aliphatic rings. The van der Waals surface area contributed by atoms with E-state index in [1.54, 1.807) is 6.20 Å². The van der Waals surface area contributed by atoms with E-state index in [0.717, 1.165) is 21.1 Å². The molecular formula is C12H14BrN3O. The number of hydrogen-bond donors (Lipinski definition) is 2. The van der Waals surface area contributed by atoms with Crippen LogP contribution >= 0.6 is 15.9 Å². The number of nitrogen functional groups attached to an aromatic ring is 1. The number of nitrogens with zero attached hydrogens (tertiary/aromatic N) is 2. The van der Waals surface area contributed by atoms with Crippen LogP contribution in [0.5, 0.6) is 0 Å². The number of halogens is 1. The summed E-state index contributed by atoms with van der Waals surface area (Å²) in [6, 6.07) is 5.87. The molecule has 0 radical (unpaired) electrons. The van der Waals surface area contributed by atoms with Crippen molar-refractivity contribution >= 4 is 38.2 Å². The van der Waals surface area contributed by atoms with E-state index in [-0.39, 0.29) is 6.61 Å². The van der Waals surface area contributed by atoms with Crippen LogP contribution in [0.15, 0.2) is 28.9 Å². The van der Waals surface area contributed by atoms with E-state index in [0.29, 0.717) is 12.2 Å². The fraction of sp³-hybridized carbons (Fsp3) is 0.250. The van der Waals surface area contributed by atoms with Crippen molar-refractivity contribution in [3.8, 4) is 0 Å². The Hall–Kier alpha value is -1.33. The summed E-state index contributed by atoms with van der Waals surface area (Å²) in [4.78, 5) is 6.23. The van der Waals surface area contributed by atoms with Crippen LogP contribution in [-0.2, 0) is 0 Å². The number of nitrogens with two attached hydrogens (primary N) is 1. The molecule has 0 aliphatic heterocycles. The van der Waals surface area contributed by atoms with E-state index in [1.165, 1.54) is 0 Å². The largest absolute Gasteiger partial charge is 0.396 e. The van der Waals surface area contributed by atoms with Crippen molar-refractivity contribution in [2.45, 2.75) is 0 Å². The predicted octanol–water partition coefficient (Wildman–Crippen LogP) is 2.01. The average molecular weight is 296 g/mol. The molecule has 2 aromatic rings. The molecule has 0 saturated heterocycles. The van der Waals surface area contributed by atoms with Gasteiger partial charge in [-0.2, -0.15) is 0 Å². The van der Waals surface area contributed by atoms with Crippen LogP contribution in [-0.4, -0.2) is 30.3 Å². The maximum atomic E-state index is 9.01. The number of aliphatic hydroxyl groups excluding tert-OH is 1. The third kappa shape index (κ3) is 2.35. The van der Waals surface area contributed by atoms with Gasteiger partial charge < -0.3 is 15.7 Å². The maximum Gasteiger partial charge on any atom is 0.0745 e. The van der Waals surface area contributed by atoms with Gasteiger partial charge in [0.25, 0.3) is 0 Å². The lowest BCUT2D eigenvalue weighted by Gasteiger charge is -2.21. The topological polar surface area (TPSA) is 62.4 Å². The van der Waals surface area contributed by atoms with Gasteiger partial charge in [-0.25, -0.2) is 0 Å². The second-order valence-corrected chi connectivity index (χ2v) is 4.78. The van der Waals surface area contributed by atoms with Crippen molar-refractivity contribution < 1.29 is 5.11 Å². The Bertz CT molecular complexity index is 539. The molecule has 1 aromatic heterocycles. The number of likely N-dealkylation sites (N-methyl/N-ethyl adjacent to an activating group) is 1. The second kappa shape index (κ2) is 4.89. The van der Waals surface area contributed by atoms with Crippen LogP contribution in [0, 0.1) is 0 Å². The monoisotopic (exact) mass is 295 g/mol. The van der Waals surface area contributed by atoms with Crippen molar-refractivity contribution in [3.05, 3.63) is 28.9 Å². The Morgan fingerprint density at radius 3 is 2.94 bits per heavy atom. The highest BCUT2D eigenvalue weighted by Crippen LogP contribution is 2.32. The third-order valence-corrected chi connectivity index (χ3v) is 3.14. The van der Waals surface area contributed by atoms with Crippen LogP contribution in [0.25, 0.3) is 10.9 Å². The molecule has 0 amide bonds. The Morgan fingerprint density at radius 1 is 1.47 bits per heavy atom. The maximum absolute atomic E-state index is 9.01. The molecule has 1 aromatic carbocycles. The van der Waals surface area contributed by atoms with Gasteiger partial charge in [0.15, 0.2) is 0 Å². The van der Waals surface area contributed by atoms with Gasteiger partial charge in [-0.05, 0) is 18.2 Å². The first-order valence-electron chi connectivity index (χ1n) is 5.29. The lowest BCUT2D eigenvalue weighted by atomic mass is 10.1. The fourth-order valence-corrected chi connectivity index (χ4v) is 2.22. The molecule has 17 heavy (non-hydrogen) atoms. The zero-order chi connectivity index (χ0) is 12.4. The molecule has 0 atom stereocenters. The lowest BCUT2D eigenvalue weighted by Crippen LogP contribution is -2.22. The molecule has 0 spiro atoms. The first-order valence-corrected chi connectivity index (χ1v) is 6.08. The first kappa shape index (κ1) is 12.1. The van der Waals surface area contributed by atoms with Crippen LogP contribution < -0.4 is 10.6 Å². The number of hydrogen-bond acceptors (Lipinski definition) is 4. The Morgan fingerprint density at radius 2 is 2.24 bits per heavy atom. The van der Waals surface area contributed by atoms with Crippen LogP contribution in [0.2, 0.25) is 0 Å². The van der Waals surface area contributed by atoms with Gasteiger partial charge in [0.05, 0.1) is 29.7 Å². The molecule has 90 valence electrons. The quantitative estimate of drug-likeness (QED) is 0.909. The minimum atomic E-state index is 0.0910. The number of aromatic nitrogens is 1. The summed E-state index contributed by atoms with van der Waals surface area (Å²) in [6.45, 7) is 0.629. The highest BCUT2D eigenvalue weighted by atomic mass is 79.9. The molecule has 0 saturated carbocycles. The van der Waals surface area contributed by atoms with Gasteiger partial charge in [0.2, 0.25) is 0 Å². The SMILES string of the molecule is CN(CCO)c1c(N)cnc2ccc(Br)cc12. The van der Waals surface area contributed by atoms with Crippen molar-refractivity contribution in [1.82, 2.24) is 4.98 Å². The molecule has 5 heteroatoms. The van der Waals surface area contributed by atoms with Crippen LogP contribution in [0.4, 0.5) is 11.4 Å². The molecule has 4 nitrogen and oxygen atoms in total. The Labute approximate surface area is 108 Å². The van der Waals surface area contributed by atoms with Crippen molar-refractivity contribution in [3.63, 3.8) is 0 Å². The summed E-state index contributed by atoms with van der Waals surface area (Å²) in [5.41, 5.74) is 8.38. The summed E-state index contributed by atoms with van der Waals surface area (Å²) in [5, 5.41) is 9.99. The number of aliphatic hydroxyl groups is 1. The highest BCUT2D eigenvalue weighted by Gasteiger charge is 2.11. The molecule has 0 fully saturated rings. The number of benzene rings is 1. The first-order chi connectivity index (χ1) is 8.13. The molecular weight excluding hydrogens is 282 g/mol. The molecule has 0 bridgehead atoms. The van der Waals surface area contributed by atoms with Gasteiger partial charge in [-0.15, -0.1) is 0 Å². The fourth-order valence-electron chi connectivity index (χ4n) is 1.85. The molecule has 0 unspecified atom stereocenters. The van der Waals surface area contributed by atoms with Gasteiger partial charge in [0, 0.05) is 23.5 Å². The minimum Gasteiger partial charge on any atom is -0.396 e. The normalized spacial score (nSPS) is 10.8. The van der Waals surface area contributed by atoms with Gasteiger partial charge in [-0.1, -0.05) is 15.9 Å². The summed E-state index contributed by atoms with van der Waals surface area (Å²) < 4.78 is 0.982. The van der Waals surface area contributed by atoms with E-state index in [9.17, 15) is 0 Å². The Kier molecular flexibility index (Phi) is 3.49. The van der Waals surface area contributed by atoms with Crippen molar-refractivity contribution in [1.29, 1.82) is 0 Å². The third-order valence-electron chi connectivity index (χ3n) is 2.65. The smallest absolute Gasteiger partial charge is 0.0745 e. The molecule has 3 N–H and O–H groups in total. The molecule has 0 aliphatic carbocycles. The summed E-state index contributed by atoms with van der Waals surface area (Å²) in [5.74, 6) is 0. The van der Waals surface area contributed by atoms with Crippen molar-refractivity contribution in [2.75, 3.05) is 30.8 Å². The van der Waals surface area contributed by atoms with E-state index >= 15 is 0 Å². The van der Waals surface area contributed by atoms with Crippen molar-refractivity contribution in [2.24, 2.45) is 0 Å². The lowest BCUT2D eigenvalue weighted by molar-refractivity contribution is 0.304. The van der Waals surface area contributed by atoms with E-state index in [2.05, 4.69) is 20.9 Å². The zero-order valence-electron chi connectivity index (χ0n) is 9.52. The van der Waals surface area contributed by atoms with Gasteiger partial charge in [0.1, 0.15) is 0 Å². The molecule has 2 rings (SSSR count). The summed E-state index contributed by atoms with van der Waals surface area (Å²) >= 11 is 3.44. The average Bonchev–Trinajstić information content (AvgIpc) is 2.28. The summed E-state index contributed by atoms with van der Waals surface area (Å²) in [6.07, 6.45) is 1.65. The number of fused-ring (bicyclic) bond motifs is 1. The van der Waals surface area contributed by atoms with Crippen LogP contribution in [0.1, 0.15) is 0 Å². The van der Waals surface area contributed by atoms with Crippen LogP contribution in [0.3, 0.4) is 0 Å². The number of rotatable bonds is 3. The van der Waals surface area contributed by atoms with E-state index in [4.69, 9.17) is 10.8 Å². The second-order valence-electron chi connectivity index (χ2n) is 3.87. The van der Waals surface area contributed by atoms with E-state index < -0.39 is 0 Å². The van der Waals surface area contributed by atoms with Gasteiger partial charge in [-0.3, -0.25) is 4.98 Å². The predicted molar refractivity (Wildman–Crippen MR) is 74.2 cm³/mol. The zero-order valence-corrected chi connectivity index (χ0v) is 11.1. The minimum absolute atomic E-state index is 0.0910. The standard InChI is InChI=1S/C12H14BrN3O/c1-16(4-5-17)12-9-6-8(13)2-3-11(9)15-7-10(12)14/h2-3,6-7,17H,4-5,14H2,1H3. The number of pyridine rings is 1. The van der Waals surface area contributed by atoms with Gasteiger partial charge >= 0.3 is 0 Å². The number of anilines is 2.